The largest absolute Gasteiger partial charge is 0.480 e. The Labute approximate surface area is 128 Å². The van der Waals surface area contributed by atoms with Gasteiger partial charge in [-0.2, -0.15) is 0 Å². The maximum Gasteiger partial charge on any atom is 0.341 e. The maximum atomic E-state index is 11.5. The second-order valence-corrected chi connectivity index (χ2v) is 5.85. The zero-order valence-electron chi connectivity index (χ0n) is 9.88. The van der Waals surface area contributed by atoms with Gasteiger partial charge in [-0.05, 0) is 23.8 Å². The number of ether oxygens (including phenoxy) is 1. The van der Waals surface area contributed by atoms with Crippen LogP contribution in [0.3, 0.4) is 0 Å². The van der Waals surface area contributed by atoms with Gasteiger partial charge in [0.25, 0.3) is 5.91 Å². The fourth-order valence-corrected chi connectivity index (χ4v) is 2.72. The number of aliphatic carboxylic acids is 1. The third kappa shape index (κ3) is 3.72. The van der Waals surface area contributed by atoms with Crippen LogP contribution in [0, 0.1) is 0 Å². The van der Waals surface area contributed by atoms with Gasteiger partial charge in [0.2, 0.25) is 0 Å². The summed E-state index contributed by atoms with van der Waals surface area (Å²) in [7, 11) is 0. The fourth-order valence-electron chi connectivity index (χ4n) is 1.44. The van der Waals surface area contributed by atoms with Crippen LogP contribution in [0.4, 0.5) is 0 Å². The summed E-state index contributed by atoms with van der Waals surface area (Å²) < 4.78 is 5.41. The summed E-state index contributed by atoms with van der Waals surface area (Å²) in [6.07, 6.45) is 1.64. The highest BCUT2D eigenvalue weighted by Crippen LogP contribution is 2.29. The molecule has 0 aromatic heterocycles. The van der Waals surface area contributed by atoms with Gasteiger partial charge in [-0.3, -0.25) is 4.79 Å². The van der Waals surface area contributed by atoms with Gasteiger partial charge in [-0.25, -0.2) is 4.79 Å². The van der Waals surface area contributed by atoms with Crippen LogP contribution in [0.1, 0.15) is 5.56 Å². The summed E-state index contributed by atoms with van der Waals surface area (Å²) in [4.78, 5) is 22.4. The summed E-state index contributed by atoms with van der Waals surface area (Å²) in [6.45, 7) is -0.466. The normalized spacial score (nSPS) is 16.4. The minimum absolute atomic E-state index is 0.248. The Hall–Kier alpha value is -1.57. The van der Waals surface area contributed by atoms with Crippen LogP contribution >= 0.6 is 35.6 Å². The van der Waals surface area contributed by atoms with Gasteiger partial charge in [-0.1, -0.05) is 41.6 Å². The molecule has 20 heavy (non-hydrogen) atoms. The van der Waals surface area contributed by atoms with E-state index in [0.29, 0.717) is 14.8 Å². The zero-order chi connectivity index (χ0) is 14.7. The number of hydrogen-bond donors (Lipinski definition) is 2. The van der Waals surface area contributed by atoms with Crippen molar-refractivity contribution in [2.24, 2.45) is 0 Å². The van der Waals surface area contributed by atoms with Gasteiger partial charge in [0, 0.05) is 0 Å². The average Bonchev–Trinajstić information content (AvgIpc) is 2.66. The first-order valence-corrected chi connectivity index (χ1v) is 6.95. The molecule has 1 aromatic rings. The molecule has 1 aromatic carbocycles. The molecule has 8 heteroatoms. The van der Waals surface area contributed by atoms with Crippen LogP contribution in [0.25, 0.3) is 6.08 Å². The van der Waals surface area contributed by atoms with Crippen LogP contribution in [0.15, 0.2) is 23.1 Å². The van der Waals surface area contributed by atoms with Gasteiger partial charge >= 0.3 is 5.97 Å². The zero-order valence-corrected chi connectivity index (χ0v) is 12.3. The lowest BCUT2D eigenvalue weighted by molar-refractivity contribution is -0.139. The van der Waals surface area contributed by atoms with Gasteiger partial charge in [0.1, 0.15) is 10.1 Å². The van der Waals surface area contributed by atoms with Crippen LogP contribution in [-0.2, 0) is 9.59 Å². The van der Waals surface area contributed by atoms with Crippen molar-refractivity contribution in [1.82, 2.24) is 5.32 Å². The molecule has 1 aliphatic rings. The second-order valence-electron chi connectivity index (χ2n) is 3.72. The first-order chi connectivity index (χ1) is 9.45. The topological polar surface area (TPSA) is 75.6 Å². The van der Waals surface area contributed by atoms with E-state index in [1.165, 1.54) is 11.8 Å². The molecule has 2 N–H and O–H groups in total. The molecule has 0 radical (unpaired) electrons. The lowest BCUT2D eigenvalue weighted by atomic mass is 10.2. The maximum absolute atomic E-state index is 11.5. The molecule has 0 aliphatic carbocycles. The number of carbonyl (C=O) groups is 2. The third-order valence-corrected chi connectivity index (χ3v) is 3.70. The summed E-state index contributed by atoms with van der Waals surface area (Å²) >= 11 is 12.0. The summed E-state index contributed by atoms with van der Waals surface area (Å²) in [5.74, 6) is -1.06. The quantitative estimate of drug-likeness (QED) is 0.652. The van der Waals surface area contributed by atoms with Crippen LogP contribution in [0.5, 0.6) is 5.75 Å². The number of hydrogen-bond acceptors (Lipinski definition) is 5. The molecular formula is C12H8ClNO4S2. The molecule has 0 unspecified atom stereocenters. The number of thioether (sulfide) groups is 1. The van der Waals surface area contributed by atoms with Crippen molar-refractivity contribution >= 4 is 57.9 Å². The molecule has 1 amide bonds. The van der Waals surface area contributed by atoms with Crippen molar-refractivity contribution < 1.29 is 19.4 Å². The molecule has 0 spiro atoms. The van der Waals surface area contributed by atoms with E-state index >= 15 is 0 Å². The number of thiocarbonyl (C=S) groups is 1. The molecule has 1 heterocycles. The Morgan fingerprint density at radius 3 is 2.85 bits per heavy atom. The standard InChI is InChI=1S/C12H8ClNO4S2/c13-7-3-6(1-2-8(7)18-5-10(15)16)4-9-11(17)14-12(19)20-9/h1-4H,5H2,(H,15,16)(H,14,17,19)/b9-4+. The number of benzene rings is 1. The lowest BCUT2D eigenvalue weighted by Gasteiger charge is -2.06. The number of nitrogens with one attached hydrogen (secondary N) is 1. The van der Waals surface area contributed by atoms with Crippen LogP contribution in [0.2, 0.25) is 5.02 Å². The summed E-state index contributed by atoms with van der Waals surface area (Å²) in [5.41, 5.74) is 0.694. The van der Waals surface area contributed by atoms with Crippen molar-refractivity contribution in [3.05, 3.63) is 33.7 Å². The summed E-state index contributed by atoms with van der Waals surface area (Å²) in [5, 5.41) is 11.3. The Morgan fingerprint density at radius 2 is 2.30 bits per heavy atom. The minimum Gasteiger partial charge on any atom is -0.480 e. The van der Waals surface area contributed by atoms with Gasteiger partial charge in [-0.15, -0.1) is 0 Å². The Bertz CT molecular complexity index is 630. The van der Waals surface area contributed by atoms with Gasteiger partial charge < -0.3 is 15.2 Å². The Morgan fingerprint density at radius 1 is 1.55 bits per heavy atom. The minimum atomic E-state index is -1.08. The van der Waals surface area contributed by atoms with Crippen molar-refractivity contribution in [3.63, 3.8) is 0 Å². The van der Waals surface area contributed by atoms with Crippen molar-refractivity contribution in [2.45, 2.75) is 0 Å². The SMILES string of the molecule is O=C(O)COc1ccc(/C=C2/SC(=S)NC2=O)cc1Cl. The molecule has 0 atom stereocenters. The van der Waals surface area contributed by atoms with E-state index in [0.717, 1.165) is 0 Å². The predicted octanol–water partition coefficient (Wildman–Crippen LogP) is 2.29. The van der Waals surface area contributed by atoms with E-state index in [1.807, 2.05) is 0 Å². The molecule has 0 saturated carbocycles. The number of carbonyl (C=O) groups excluding carboxylic acids is 1. The molecule has 1 aliphatic heterocycles. The molecule has 5 nitrogen and oxygen atoms in total. The van der Waals surface area contributed by atoms with Crippen molar-refractivity contribution in [2.75, 3.05) is 6.61 Å². The Balaban J connectivity index is 2.17. The van der Waals surface area contributed by atoms with E-state index in [2.05, 4.69) is 5.32 Å². The average molecular weight is 330 g/mol. The van der Waals surface area contributed by atoms with E-state index in [1.54, 1.807) is 24.3 Å². The fraction of sp³-hybridized carbons (Fsp3) is 0.0833. The molecule has 1 fully saturated rings. The predicted molar refractivity (Wildman–Crippen MR) is 80.9 cm³/mol. The third-order valence-electron chi connectivity index (χ3n) is 2.25. The first-order valence-electron chi connectivity index (χ1n) is 5.34. The highest BCUT2D eigenvalue weighted by molar-refractivity contribution is 8.26. The van der Waals surface area contributed by atoms with E-state index < -0.39 is 12.6 Å². The molecular weight excluding hydrogens is 322 g/mol. The first kappa shape index (κ1) is 14.8. The monoisotopic (exact) mass is 329 g/mol. The van der Waals surface area contributed by atoms with Crippen molar-refractivity contribution in [1.29, 1.82) is 0 Å². The Kier molecular flexibility index (Phi) is 4.64. The molecule has 0 bridgehead atoms. The number of amides is 1. The van der Waals surface area contributed by atoms with Gasteiger partial charge in [0.05, 0.1) is 9.93 Å². The van der Waals surface area contributed by atoms with Crippen LogP contribution < -0.4 is 10.1 Å². The summed E-state index contributed by atoms with van der Waals surface area (Å²) in [6, 6.07) is 4.81. The lowest BCUT2D eigenvalue weighted by Crippen LogP contribution is -2.17. The number of carboxylic acids is 1. The molecule has 104 valence electrons. The number of halogens is 1. The smallest absolute Gasteiger partial charge is 0.341 e. The highest BCUT2D eigenvalue weighted by atomic mass is 35.5. The second kappa shape index (κ2) is 6.25. The number of rotatable bonds is 4. The number of carboxylic acid groups (broad SMARTS) is 1. The van der Waals surface area contributed by atoms with E-state index in [-0.39, 0.29) is 16.7 Å². The van der Waals surface area contributed by atoms with Gasteiger partial charge in [0.15, 0.2) is 6.61 Å². The highest BCUT2D eigenvalue weighted by Gasteiger charge is 2.22. The van der Waals surface area contributed by atoms with E-state index in [9.17, 15) is 9.59 Å². The van der Waals surface area contributed by atoms with E-state index in [4.69, 9.17) is 33.7 Å². The van der Waals surface area contributed by atoms with Crippen LogP contribution in [-0.4, -0.2) is 27.9 Å². The van der Waals surface area contributed by atoms with Crippen molar-refractivity contribution in [3.8, 4) is 5.75 Å². The molecule has 2 rings (SSSR count). The molecule has 1 saturated heterocycles.